The first-order valence-corrected chi connectivity index (χ1v) is 5.47. The highest BCUT2D eigenvalue weighted by molar-refractivity contribution is 5.28. The zero-order chi connectivity index (χ0) is 9.71. The number of hydrogen-bond donors (Lipinski definition) is 1. The van der Waals surface area contributed by atoms with Gasteiger partial charge in [-0.25, -0.2) is 0 Å². The summed E-state index contributed by atoms with van der Waals surface area (Å²) < 4.78 is 0. The molecule has 1 saturated carbocycles. The summed E-state index contributed by atoms with van der Waals surface area (Å²) in [5.74, 6) is 3.50. The van der Waals surface area contributed by atoms with Crippen LogP contribution in [0.25, 0.3) is 0 Å². The molecule has 0 unspecified atom stereocenters. The van der Waals surface area contributed by atoms with Crippen LogP contribution in [0.3, 0.4) is 0 Å². The Labute approximate surface area is 84.8 Å². The van der Waals surface area contributed by atoms with E-state index in [9.17, 15) is 5.11 Å². The fraction of sp³-hybridized carbons (Fsp3) is 0.538. The van der Waals surface area contributed by atoms with E-state index in [2.05, 4.69) is 30.9 Å². The maximum Gasteiger partial charge on any atom is 0.0470 e. The van der Waals surface area contributed by atoms with Crippen molar-refractivity contribution in [3.8, 4) is 0 Å². The average Bonchev–Trinajstić information content (AvgIpc) is 2.16. The molecule has 0 heterocycles. The second-order valence-corrected chi connectivity index (χ2v) is 4.74. The van der Waals surface area contributed by atoms with Gasteiger partial charge in [0.15, 0.2) is 0 Å². The molecule has 0 aromatic heterocycles. The van der Waals surface area contributed by atoms with Gasteiger partial charge in [-0.15, -0.1) is 6.58 Å². The zero-order valence-electron chi connectivity index (χ0n) is 8.21. The molecule has 74 valence electrons. The lowest BCUT2D eigenvalue weighted by Crippen LogP contribution is -2.50. The van der Waals surface area contributed by atoms with Crippen LogP contribution in [0.4, 0.5) is 0 Å². The topological polar surface area (TPSA) is 20.2 Å². The molecule has 4 rings (SSSR count). The minimum atomic E-state index is 0.305. The number of hydrogen-bond acceptors (Lipinski definition) is 1. The molecule has 0 aromatic rings. The van der Waals surface area contributed by atoms with Crippen molar-refractivity contribution in [2.45, 2.75) is 0 Å². The van der Waals surface area contributed by atoms with Crippen molar-refractivity contribution < 1.29 is 5.11 Å². The predicted molar refractivity (Wildman–Crippen MR) is 56.5 cm³/mol. The lowest BCUT2D eigenvalue weighted by Gasteiger charge is -2.54. The van der Waals surface area contributed by atoms with Crippen LogP contribution in [0.5, 0.6) is 0 Å². The molecule has 1 fully saturated rings. The highest BCUT2D eigenvalue weighted by Gasteiger charge is 2.50. The Morgan fingerprint density at radius 2 is 1.57 bits per heavy atom. The quantitative estimate of drug-likeness (QED) is 0.657. The number of fused-ring (bicyclic) bond motifs is 1. The minimum Gasteiger partial charge on any atom is -0.396 e. The molecule has 0 amide bonds. The Morgan fingerprint density at radius 1 is 1.00 bits per heavy atom. The molecule has 1 N–H and O–H groups in total. The first-order valence-electron chi connectivity index (χ1n) is 5.47. The smallest absolute Gasteiger partial charge is 0.0470 e. The summed E-state index contributed by atoms with van der Waals surface area (Å²) in [6, 6.07) is 0. The van der Waals surface area contributed by atoms with E-state index in [4.69, 9.17) is 0 Å². The van der Waals surface area contributed by atoms with Crippen LogP contribution >= 0.6 is 0 Å². The van der Waals surface area contributed by atoms with Crippen molar-refractivity contribution in [1.82, 2.24) is 0 Å². The summed E-state index contributed by atoms with van der Waals surface area (Å²) in [7, 11) is 0. The lowest BCUT2D eigenvalue weighted by molar-refractivity contribution is 0.0239. The highest BCUT2D eigenvalue weighted by atomic mass is 16.3. The van der Waals surface area contributed by atoms with E-state index in [0.29, 0.717) is 36.2 Å². The largest absolute Gasteiger partial charge is 0.396 e. The van der Waals surface area contributed by atoms with E-state index >= 15 is 0 Å². The highest BCUT2D eigenvalue weighted by Crippen LogP contribution is 2.55. The maximum atomic E-state index is 9.44. The fourth-order valence-corrected chi connectivity index (χ4v) is 3.58. The zero-order valence-corrected chi connectivity index (χ0v) is 8.21. The number of aliphatic hydroxyl groups is 1. The first kappa shape index (κ1) is 8.49. The molecule has 1 heteroatoms. The monoisotopic (exact) mass is 188 g/mol. The van der Waals surface area contributed by atoms with Crippen molar-refractivity contribution >= 4 is 0 Å². The van der Waals surface area contributed by atoms with Crippen LogP contribution in [-0.2, 0) is 0 Å². The van der Waals surface area contributed by atoms with Gasteiger partial charge < -0.3 is 5.11 Å². The third-order valence-electron chi connectivity index (χ3n) is 4.36. The summed E-state index contributed by atoms with van der Waals surface area (Å²) in [4.78, 5) is 0. The Bertz CT molecular complexity index is 315. The molecule has 0 radical (unpaired) electrons. The van der Waals surface area contributed by atoms with Gasteiger partial charge in [-0.2, -0.15) is 0 Å². The van der Waals surface area contributed by atoms with E-state index in [1.807, 2.05) is 6.08 Å². The van der Waals surface area contributed by atoms with Gasteiger partial charge in [0.25, 0.3) is 0 Å². The molecule has 4 aliphatic rings. The van der Waals surface area contributed by atoms with Gasteiger partial charge in [0.1, 0.15) is 0 Å². The van der Waals surface area contributed by atoms with Crippen molar-refractivity contribution in [1.29, 1.82) is 0 Å². The molecule has 14 heavy (non-hydrogen) atoms. The van der Waals surface area contributed by atoms with Gasteiger partial charge in [-0.05, 0) is 35.5 Å². The maximum absolute atomic E-state index is 9.44. The third-order valence-corrected chi connectivity index (χ3v) is 4.36. The Balaban J connectivity index is 2.00. The van der Waals surface area contributed by atoms with Gasteiger partial charge >= 0.3 is 0 Å². The molecular formula is C13H16O. The van der Waals surface area contributed by atoms with E-state index in [1.54, 1.807) is 0 Å². The summed E-state index contributed by atoms with van der Waals surface area (Å²) in [5.41, 5.74) is 0. The van der Waals surface area contributed by atoms with Crippen LogP contribution in [0.1, 0.15) is 0 Å². The second-order valence-electron chi connectivity index (χ2n) is 4.74. The van der Waals surface area contributed by atoms with E-state index in [0.717, 1.165) is 5.92 Å². The molecule has 0 aromatic carbocycles. The third kappa shape index (κ3) is 0.838. The van der Waals surface area contributed by atoms with Crippen LogP contribution < -0.4 is 0 Å². The number of allylic oxidation sites excluding steroid dienone is 5. The van der Waals surface area contributed by atoms with E-state index < -0.39 is 0 Å². The minimum absolute atomic E-state index is 0.305. The molecule has 1 nitrogen and oxygen atoms in total. The summed E-state index contributed by atoms with van der Waals surface area (Å²) in [5, 5.41) is 9.44. The predicted octanol–water partition coefficient (Wildman–Crippen LogP) is 2.02. The number of rotatable bonds is 2. The van der Waals surface area contributed by atoms with Crippen LogP contribution in [-0.4, -0.2) is 11.7 Å². The van der Waals surface area contributed by atoms with Gasteiger partial charge in [-0.1, -0.05) is 30.4 Å². The van der Waals surface area contributed by atoms with Crippen molar-refractivity contribution in [2.24, 2.45) is 35.5 Å². The first-order chi connectivity index (χ1) is 6.86. The fourth-order valence-electron chi connectivity index (χ4n) is 3.58. The van der Waals surface area contributed by atoms with E-state index in [-0.39, 0.29) is 0 Å². The Hall–Kier alpha value is -0.820. The Kier molecular flexibility index (Phi) is 1.72. The van der Waals surface area contributed by atoms with Crippen LogP contribution in [0, 0.1) is 35.5 Å². The van der Waals surface area contributed by atoms with E-state index in [1.165, 1.54) is 0 Å². The van der Waals surface area contributed by atoms with Crippen molar-refractivity contribution in [2.75, 3.05) is 6.61 Å². The molecular weight excluding hydrogens is 172 g/mol. The van der Waals surface area contributed by atoms with Gasteiger partial charge in [0.2, 0.25) is 0 Å². The van der Waals surface area contributed by atoms with Gasteiger partial charge in [0.05, 0.1) is 0 Å². The summed E-state index contributed by atoms with van der Waals surface area (Å²) in [6.07, 6.45) is 11.3. The molecule has 4 aliphatic carbocycles. The molecule has 0 spiro atoms. The van der Waals surface area contributed by atoms with Crippen molar-refractivity contribution in [3.63, 3.8) is 0 Å². The molecule has 2 bridgehead atoms. The molecule has 6 atom stereocenters. The van der Waals surface area contributed by atoms with Gasteiger partial charge in [-0.3, -0.25) is 0 Å². The Morgan fingerprint density at radius 3 is 2.14 bits per heavy atom. The van der Waals surface area contributed by atoms with Crippen molar-refractivity contribution in [3.05, 3.63) is 37.0 Å². The van der Waals surface area contributed by atoms with Crippen LogP contribution in [0.15, 0.2) is 37.0 Å². The summed E-state index contributed by atoms with van der Waals surface area (Å²) in [6.45, 7) is 4.22. The summed E-state index contributed by atoms with van der Waals surface area (Å²) >= 11 is 0. The average molecular weight is 188 g/mol. The number of aliphatic hydroxyl groups excluding tert-OH is 1. The molecule has 0 saturated heterocycles. The normalized spacial score (nSPS) is 52.6. The second kappa shape index (κ2) is 2.83. The SMILES string of the molecule is C=C[C@H]1[C@@H]2C=C[C@@H]([C@H]3C=C[C@@H]23)[C@@H]1CO. The van der Waals surface area contributed by atoms with Crippen LogP contribution in [0.2, 0.25) is 0 Å². The standard InChI is InChI=1S/C13H16O/c1-2-8-9-3-6-12(13(8)7-14)11-5-4-10(9)11/h2-6,8-14H,1,7H2/t8-,9-,10-,11-,12-,13+/m0/s1. The van der Waals surface area contributed by atoms with Gasteiger partial charge in [0, 0.05) is 6.61 Å². The lowest BCUT2D eigenvalue weighted by atomic mass is 9.50. The molecule has 0 aliphatic heterocycles.